The van der Waals surface area contributed by atoms with Crippen LogP contribution in [0.5, 0.6) is 0 Å². The van der Waals surface area contributed by atoms with Crippen molar-refractivity contribution in [2.75, 3.05) is 22.9 Å². The Kier molecular flexibility index (Phi) is 5.58. The van der Waals surface area contributed by atoms with Crippen molar-refractivity contribution < 1.29 is 23.2 Å². The number of hydrogen-bond donors (Lipinski definition) is 1. The average Bonchev–Trinajstić information content (AvgIpc) is 3.20. The molecule has 0 saturated carbocycles. The quantitative estimate of drug-likeness (QED) is 0.621. The summed E-state index contributed by atoms with van der Waals surface area (Å²) in [5, 5.41) is 4.15. The molecule has 3 heterocycles. The maximum absolute atomic E-state index is 13.9. The molecule has 1 saturated heterocycles. The summed E-state index contributed by atoms with van der Waals surface area (Å²) in [4.78, 5) is 41.3. The third-order valence-corrected chi connectivity index (χ3v) is 6.45. The second-order valence-electron chi connectivity index (χ2n) is 8.76. The summed E-state index contributed by atoms with van der Waals surface area (Å²) in [5.74, 6) is -2.91. The average molecular weight is 479 g/mol. The molecule has 180 valence electrons. The fourth-order valence-electron chi connectivity index (χ4n) is 4.83. The molecule has 3 aromatic rings. The lowest BCUT2D eigenvalue weighted by Gasteiger charge is -2.31. The number of amides is 3. The number of aryl methyl sites for hydroxylation is 1. The molecule has 8 nitrogen and oxygen atoms in total. The number of hydrogen-bond acceptors (Lipinski definition) is 4. The summed E-state index contributed by atoms with van der Waals surface area (Å²) in [6.45, 7) is 2.77. The van der Waals surface area contributed by atoms with Crippen LogP contribution in [0.3, 0.4) is 0 Å². The van der Waals surface area contributed by atoms with Gasteiger partial charge in [0.15, 0.2) is 5.69 Å². The number of benzene rings is 2. The van der Waals surface area contributed by atoms with Crippen LogP contribution in [0.1, 0.15) is 51.4 Å². The highest BCUT2D eigenvalue weighted by Gasteiger charge is 2.35. The highest BCUT2D eigenvalue weighted by Crippen LogP contribution is 2.33. The van der Waals surface area contributed by atoms with E-state index in [-0.39, 0.29) is 35.9 Å². The van der Waals surface area contributed by atoms with Crippen LogP contribution in [0.15, 0.2) is 36.4 Å². The van der Waals surface area contributed by atoms with Crippen LogP contribution in [0.25, 0.3) is 5.69 Å². The molecule has 0 unspecified atom stereocenters. The molecular weight excluding hydrogens is 456 g/mol. The van der Waals surface area contributed by atoms with Crippen molar-refractivity contribution in [1.29, 1.82) is 0 Å². The first-order valence-corrected chi connectivity index (χ1v) is 11.4. The predicted octanol–water partition coefficient (Wildman–Crippen LogP) is 3.28. The monoisotopic (exact) mass is 479 g/mol. The fraction of sp³-hybridized carbons (Fsp3) is 0.280. The number of fused-ring (bicyclic) bond motifs is 1. The van der Waals surface area contributed by atoms with E-state index in [1.165, 1.54) is 4.90 Å². The number of nitrogens with two attached hydrogens (primary N) is 1. The lowest BCUT2D eigenvalue weighted by Crippen LogP contribution is -2.39. The van der Waals surface area contributed by atoms with Crippen molar-refractivity contribution in [2.24, 2.45) is 5.73 Å². The molecule has 0 spiro atoms. The molecule has 0 bridgehead atoms. The molecule has 0 aliphatic carbocycles. The zero-order valence-corrected chi connectivity index (χ0v) is 19.1. The molecule has 35 heavy (non-hydrogen) atoms. The van der Waals surface area contributed by atoms with Crippen molar-refractivity contribution in [2.45, 2.75) is 32.6 Å². The molecule has 0 radical (unpaired) electrons. The molecular formula is C25H23F2N5O3. The van der Waals surface area contributed by atoms with E-state index >= 15 is 0 Å². The number of piperidine rings is 1. The fourth-order valence-corrected chi connectivity index (χ4v) is 4.83. The minimum Gasteiger partial charge on any atom is -0.364 e. The maximum Gasteiger partial charge on any atom is 0.277 e. The summed E-state index contributed by atoms with van der Waals surface area (Å²) >= 11 is 0. The summed E-state index contributed by atoms with van der Waals surface area (Å²) < 4.78 is 28.9. The van der Waals surface area contributed by atoms with Crippen LogP contribution >= 0.6 is 0 Å². The molecule has 2 aromatic carbocycles. The Morgan fingerprint density at radius 3 is 2.34 bits per heavy atom. The maximum atomic E-state index is 13.9. The van der Waals surface area contributed by atoms with E-state index in [9.17, 15) is 23.2 Å². The van der Waals surface area contributed by atoms with E-state index in [4.69, 9.17) is 5.73 Å². The van der Waals surface area contributed by atoms with Gasteiger partial charge in [-0.25, -0.2) is 13.5 Å². The standard InChI is InChI=1S/C25H23F2N5O3/c1-14-10-17(30-8-3-2-4-21(30)33)5-6-20(14)31-9-7-19-22(24(28)34)29-32(23(19)25(31)35)18-12-15(26)11-16(27)13-18/h5-6,10-13H,2-4,7-9H2,1H3,(H2,28,34). The van der Waals surface area contributed by atoms with Gasteiger partial charge in [-0.1, -0.05) is 0 Å². The second kappa shape index (κ2) is 8.61. The predicted molar refractivity (Wildman–Crippen MR) is 125 cm³/mol. The van der Waals surface area contributed by atoms with Gasteiger partial charge >= 0.3 is 0 Å². The van der Waals surface area contributed by atoms with E-state index in [1.807, 2.05) is 19.1 Å². The van der Waals surface area contributed by atoms with Gasteiger partial charge in [-0.2, -0.15) is 5.10 Å². The van der Waals surface area contributed by atoms with Crippen LogP contribution in [-0.4, -0.2) is 40.6 Å². The molecule has 2 N–H and O–H groups in total. The number of nitrogens with zero attached hydrogens (tertiary/aromatic N) is 4. The van der Waals surface area contributed by atoms with E-state index in [1.54, 1.807) is 11.0 Å². The van der Waals surface area contributed by atoms with Gasteiger partial charge in [0.25, 0.3) is 11.8 Å². The Hall–Kier alpha value is -4.08. The summed E-state index contributed by atoms with van der Waals surface area (Å²) in [6, 6.07) is 8.23. The van der Waals surface area contributed by atoms with Crippen molar-refractivity contribution in [3.8, 4) is 5.69 Å². The largest absolute Gasteiger partial charge is 0.364 e. The van der Waals surface area contributed by atoms with Gasteiger partial charge in [-0.15, -0.1) is 0 Å². The molecule has 2 aliphatic rings. The Labute approximate surface area is 199 Å². The lowest BCUT2D eigenvalue weighted by atomic mass is 10.0. The number of primary amides is 1. The molecule has 1 fully saturated rings. The van der Waals surface area contributed by atoms with Gasteiger partial charge in [0.1, 0.15) is 17.3 Å². The first-order chi connectivity index (χ1) is 16.7. The second-order valence-corrected chi connectivity index (χ2v) is 8.76. The number of anilines is 2. The Morgan fingerprint density at radius 1 is 0.943 bits per heavy atom. The summed E-state index contributed by atoms with van der Waals surface area (Å²) in [6.07, 6.45) is 2.62. The van der Waals surface area contributed by atoms with Crippen LogP contribution in [0.2, 0.25) is 0 Å². The smallest absolute Gasteiger partial charge is 0.277 e. The normalized spacial score (nSPS) is 16.0. The molecule has 2 aliphatic heterocycles. The first kappa shape index (κ1) is 22.7. The zero-order valence-electron chi connectivity index (χ0n) is 19.1. The van der Waals surface area contributed by atoms with Crippen LogP contribution in [-0.2, 0) is 11.2 Å². The van der Waals surface area contributed by atoms with Crippen molar-refractivity contribution in [1.82, 2.24) is 9.78 Å². The summed E-state index contributed by atoms with van der Waals surface area (Å²) in [7, 11) is 0. The van der Waals surface area contributed by atoms with Crippen LogP contribution < -0.4 is 15.5 Å². The van der Waals surface area contributed by atoms with Crippen LogP contribution in [0, 0.1) is 18.6 Å². The van der Waals surface area contributed by atoms with Gasteiger partial charge in [-0.3, -0.25) is 14.4 Å². The van der Waals surface area contributed by atoms with Gasteiger partial charge in [0.2, 0.25) is 5.91 Å². The topological polar surface area (TPSA) is 102 Å². The number of aromatic nitrogens is 2. The highest BCUT2D eigenvalue weighted by atomic mass is 19.1. The van der Waals surface area contributed by atoms with Crippen molar-refractivity contribution >= 4 is 29.1 Å². The summed E-state index contributed by atoms with van der Waals surface area (Å²) in [5.41, 5.74) is 7.92. The SMILES string of the molecule is Cc1cc(N2CCCCC2=O)ccc1N1CCc2c(C(N)=O)nn(-c3cc(F)cc(F)c3)c2C1=O. The minimum absolute atomic E-state index is 0.0304. The molecule has 0 atom stereocenters. The van der Waals surface area contributed by atoms with Gasteiger partial charge in [-0.05, 0) is 62.1 Å². The Bertz CT molecular complexity index is 1360. The van der Waals surface area contributed by atoms with Gasteiger partial charge in [0, 0.05) is 42.5 Å². The Morgan fingerprint density at radius 2 is 1.69 bits per heavy atom. The number of halogens is 2. The van der Waals surface area contributed by atoms with Gasteiger partial charge < -0.3 is 15.5 Å². The Balaban J connectivity index is 1.55. The van der Waals surface area contributed by atoms with E-state index in [2.05, 4.69) is 5.10 Å². The molecule has 10 heteroatoms. The first-order valence-electron chi connectivity index (χ1n) is 11.4. The van der Waals surface area contributed by atoms with E-state index in [0.29, 0.717) is 30.3 Å². The van der Waals surface area contributed by atoms with E-state index < -0.39 is 23.4 Å². The minimum atomic E-state index is -0.844. The van der Waals surface area contributed by atoms with Crippen molar-refractivity contribution in [3.63, 3.8) is 0 Å². The lowest BCUT2D eigenvalue weighted by molar-refractivity contribution is -0.119. The van der Waals surface area contributed by atoms with Crippen LogP contribution in [0.4, 0.5) is 20.2 Å². The highest BCUT2D eigenvalue weighted by molar-refractivity contribution is 6.10. The number of carbonyl (C=O) groups is 3. The molecule has 5 rings (SSSR count). The number of carbonyl (C=O) groups excluding carboxylic acids is 3. The van der Waals surface area contributed by atoms with Gasteiger partial charge in [0.05, 0.1) is 5.69 Å². The van der Waals surface area contributed by atoms with E-state index in [0.717, 1.165) is 40.9 Å². The molecule has 1 aromatic heterocycles. The third-order valence-electron chi connectivity index (χ3n) is 6.45. The van der Waals surface area contributed by atoms with Crippen molar-refractivity contribution in [3.05, 3.63) is 70.5 Å². The zero-order chi connectivity index (χ0) is 24.9. The molecule has 3 amide bonds. The third kappa shape index (κ3) is 3.94. The number of rotatable bonds is 4.